The SMILES string of the molecule is Cc1[nH]c(=O)c(C(=O)N[C@H](c2ccccn2)C2CC(O)C2)c(C)c1Cl. The summed E-state index contributed by atoms with van der Waals surface area (Å²) in [4.78, 5) is 32.0. The second kappa shape index (κ2) is 6.98. The number of H-pyrrole nitrogens is 1. The van der Waals surface area contributed by atoms with Crippen LogP contribution in [0.4, 0.5) is 0 Å². The van der Waals surface area contributed by atoms with E-state index < -0.39 is 11.5 Å². The van der Waals surface area contributed by atoms with Crippen LogP contribution in [0.25, 0.3) is 0 Å². The summed E-state index contributed by atoms with van der Waals surface area (Å²) in [6.07, 6.45) is 2.48. The minimum absolute atomic E-state index is 0.0106. The fraction of sp³-hybridized carbons (Fsp3) is 0.389. The molecule has 132 valence electrons. The fourth-order valence-corrected chi connectivity index (χ4v) is 3.37. The van der Waals surface area contributed by atoms with Gasteiger partial charge in [0.2, 0.25) is 0 Å². The highest BCUT2D eigenvalue weighted by atomic mass is 35.5. The van der Waals surface area contributed by atoms with Gasteiger partial charge >= 0.3 is 0 Å². The van der Waals surface area contributed by atoms with Crippen LogP contribution >= 0.6 is 11.6 Å². The van der Waals surface area contributed by atoms with E-state index in [2.05, 4.69) is 15.3 Å². The van der Waals surface area contributed by atoms with Gasteiger partial charge in [-0.1, -0.05) is 17.7 Å². The number of aromatic amines is 1. The lowest BCUT2D eigenvalue weighted by atomic mass is 9.76. The largest absolute Gasteiger partial charge is 0.393 e. The number of nitrogens with zero attached hydrogens (tertiary/aromatic N) is 1. The molecule has 1 aliphatic rings. The number of hydrogen-bond acceptors (Lipinski definition) is 4. The van der Waals surface area contributed by atoms with Crippen molar-refractivity contribution in [3.63, 3.8) is 0 Å². The summed E-state index contributed by atoms with van der Waals surface area (Å²) in [6, 6.07) is 5.11. The maximum absolute atomic E-state index is 12.8. The predicted molar refractivity (Wildman–Crippen MR) is 94.7 cm³/mol. The summed E-state index contributed by atoms with van der Waals surface area (Å²) < 4.78 is 0. The fourth-order valence-electron chi connectivity index (χ4n) is 3.23. The molecule has 0 saturated heterocycles. The lowest BCUT2D eigenvalue weighted by Crippen LogP contribution is -2.43. The van der Waals surface area contributed by atoms with Crippen molar-refractivity contribution in [3.05, 3.63) is 62.3 Å². The summed E-state index contributed by atoms with van der Waals surface area (Å²) in [7, 11) is 0. The molecule has 2 aromatic rings. The van der Waals surface area contributed by atoms with Gasteiger partial charge < -0.3 is 15.4 Å². The van der Waals surface area contributed by atoms with Crippen molar-refractivity contribution in [2.45, 2.75) is 38.8 Å². The number of pyridine rings is 2. The van der Waals surface area contributed by atoms with E-state index in [-0.39, 0.29) is 23.6 Å². The molecule has 0 aromatic carbocycles. The first-order chi connectivity index (χ1) is 11.9. The zero-order valence-corrected chi connectivity index (χ0v) is 14.8. The molecule has 1 saturated carbocycles. The van der Waals surface area contributed by atoms with Crippen LogP contribution in [0.2, 0.25) is 5.02 Å². The molecule has 0 unspecified atom stereocenters. The van der Waals surface area contributed by atoms with Gasteiger partial charge in [0.25, 0.3) is 11.5 Å². The Labute approximate surface area is 150 Å². The van der Waals surface area contributed by atoms with E-state index >= 15 is 0 Å². The second-order valence-corrected chi connectivity index (χ2v) is 6.86. The molecule has 7 heteroatoms. The average molecular weight is 362 g/mol. The number of nitrogens with one attached hydrogen (secondary N) is 2. The number of aromatic nitrogens is 2. The first-order valence-corrected chi connectivity index (χ1v) is 8.55. The van der Waals surface area contributed by atoms with Crippen LogP contribution in [-0.2, 0) is 0 Å². The zero-order chi connectivity index (χ0) is 18.1. The lowest BCUT2D eigenvalue weighted by Gasteiger charge is -2.37. The van der Waals surface area contributed by atoms with Crippen LogP contribution in [0.15, 0.2) is 29.2 Å². The smallest absolute Gasteiger partial charge is 0.261 e. The molecule has 0 aliphatic heterocycles. The van der Waals surface area contributed by atoms with Crippen molar-refractivity contribution in [3.8, 4) is 0 Å². The molecular weight excluding hydrogens is 342 g/mol. The highest BCUT2D eigenvalue weighted by Crippen LogP contribution is 2.37. The van der Waals surface area contributed by atoms with Gasteiger partial charge in [0.15, 0.2) is 0 Å². The number of aliphatic hydroxyl groups excluding tert-OH is 1. The van der Waals surface area contributed by atoms with Gasteiger partial charge in [-0.25, -0.2) is 0 Å². The number of carbonyl (C=O) groups excluding carboxylic acids is 1. The number of aryl methyl sites for hydroxylation is 1. The van der Waals surface area contributed by atoms with Crippen molar-refractivity contribution in [1.29, 1.82) is 0 Å². The Morgan fingerprint density at radius 2 is 2.12 bits per heavy atom. The lowest BCUT2D eigenvalue weighted by molar-refractivity contribution is 0.0228. The minimum Gasteiger partial charge on any atom is -0.393 e. The van der Waals surface area contributed by atoms with Crippen molar-refractivity contribution >= 4 is 17.5 Å². The van der Waals surface area contributed by atoms with Crippen molar-refractivity contribution in [2.24, 2.45) is 5.92 Å². The van der Waals surface area contributed by atoms with Gasteiger partial charge in [-0.2, -0.15) is 0 Å². The van der Waals surface area contributed by atoms with Crippen LogP contribution in [-0.4, -0.2) is 27.1 Å². The standard InChI is InChI=1S/C18H20ClN3O3/c1-9-14(17(24)21-10(2)15(9)19)18(25)22-16(11-7-12(23)8-11)13-5-3-4-6-20-13/h3-6,11-12,16,23H,7-8H2,1-2H3,(H,21,24)(H,22,25)/t11?,12?,16-/m0/s1. The molecule has 1 amide bonds. The van der Waals surface area contributed by atoms with Gasteiger partial charge in [-0.05, 0) is 50.3 Å². The van der Waals surface area contributed by atoms with Crippen LogP contribution in [0.1, 0.15) is 46.2 Å². The predicted octanol–water partition coefficient (Wildman–Crippen LogP) is 2.28. The summed E-state index contributed by atoms with van der Waals surface area (Å²) in [6.45, 7) is 3.34. The third-order valence-corrected chi connectivity index (χ3v) is 5.27. The molecule has 3 rings (SSSR count). The van der Waals surface area contributed by atoms with E-state index in [4.69, 9.17) is 11.6 Å². The molecular formula is C18H20ClN3O3. The van der Waals surface area contributed by atoms with Crippen molar-refractivity contribution in [1.82, 2.24) is 15.3 Å². The quantitative estimate of drug-likeness (QED) is 0.778. The Morgan fingerprint density at radius 1 is 1.40 bits per heavy atom. The highest BCUT2D eigenvalue weighted by molar-refractivity contribution is 6.32. The third-order valence-electron chi connectivity index (χ3n) is 4.70. The number of hydrogen-bond donors (Lipinski definition) is 3. The molecule has 2 heterocycles. The molecule has 25 heavy (non-hydrogen) atoms. The van der Waals surface area contributed by atoms with Gasteiger partial charge in [0, 0.05) is 11.9 Å². The molecule has 6 nitrogen and oxygen atoms in total. The van der Waals surface area contributed by atoms with Gasteiger partial charge in [0.1, 0.15) is 5.56 Å². The molecule has 3 N–H and O–H groups in total. The van der Waals surface area contributed by atoms with Gasteiger partial charge in [0.05, 0.1) is 22.9 Å². The minimum atomic E-state index is -0.488. The van der Waals surface area contributed by atoms with Crippen LogP contribution < -0.4 is 10.9 Å². The topological polar surface area (TPSA) is 95.1 Å². The van der Waals surface area contributed by atoms with Gasteiger partial charge in [-0.3, -0.25) is 14.6 Å². The molecule has 0 radical (unpaired) electrons. The molecule has 2 aromatic heterocycles. The Kier molecular flexibility index (Phi) is 4.92. The number of rotatable bonds is 4. The van der Waals surface area contributed by atoms with E-state index in [1.807, 2.05) is 12.1 Å². The number of carbonyl (C=O) groups is 1. The summed E-state index contributed by atoms with van der Waals surface area (Å²) in [5.41, 5.74) is 1.24. The third kappa shape index (κ3) is 3.45. The second-order valence-electron chi connectivity index (χ2n) is 6.48. The van der Waals surface area contributed by atoms with E-state index in [1.165, 1.54) is 0 Å². The van der Waals surface area contributed by atoms with E-state index in [0.29, 0.717) is 34.8 Å². The monoisotopic (exact) mass is 361 g/mol. The highest BCUT2D eigenvalue weighted by Gasteiger charge is 2.37. The normalized spacial score (nSPS) is 20.6. The van der Waals surface area contributed by atoms with Crippen molar-refractivity contribution < 1.29 is 9.90 Å². The van der Waals surface area contributed by atoms with Crippen LogP contribution in [0.3, 0.4) is 0 Å². The number of halogens is 1. The number of amides is 1. The zero-order valence-electron chi connectivity index (χ0n) is 14.0. The summed E-state index contributed by atoms with van der Waals surface area (Å²) >= 11 is 6.18. The molecule has 0 bridgehead atoms. The summed E-state index contributed by atoms with van der Waals surface area (Å²) in [5, 5.41) is 12.9. The first kappa shape index (κ1) is 17.6. The Morgan fingerprint density at radius 3 is 2.72 bits per heavy atom. The Bertz CT molecular complexity index is 845. The van der Waals surface area contributed by atoms with Crippen molar-refractivity contribution in [2.75, 3.05) is 0 Å². The van der Waals surface area contributed by atoms with E-state index in [0.717, 1.165) is 0 Å². The Balaban J connectivity index is 1.92. The Hall–Kier alpha value is -2.18. The maximum Gasteiger partial charge on any atom is 0.261 e. The number of aliphatic hydroxyl groups is 1. The summed E-state index contributed by atoms with van der Waals surface area (Å²) in [5.74, 6) is -0.410. The first-order valence-electron chi connectivity index (χ1n) is 8.17. The molecule has 1 aliphatic carbocycles. The molecule has 0 spiro atoms. The van der Waals surface area contributed by atoms with Gasteiger partial charge in [-0.15, -0.1) is 0 Å². The molecule has 1 atom stereocenters. The van der Waals surface area contributed by atoms with E-state index in [1.54, 1.807) is 26.1 Å². The maximum atomic E-state index is 12.8. The van der Waals surface area contributed by atoms with E-state index in [9.17, 15) is 14.7 Å². The average Bonchev–Trinajstić information content (AvgIpc) is 2.56. The van der Waals surface area contributed by atoms with Crippen LogP contribution in [0, 0.1) is 19.8 Å². The molecule has 1 fully saturated rings. The van der Waals surface area contributed by atoms with Crippen LogP contribution in [0.5, 0.6) is 0 Å².